The molecule has 0 heterocycles. The number of methoxy groups -OCH3 is 1. The Labute approximate surface area is 221 Å². The highest BCUT2D eigenvalue weighted by Crippen LogP contribution is 2.36. The predicted octanol–water partition coefficient (Wildman–Crippen LogP) is 4.49. The predicted molar refractivity (Wildman–Crippen MR) is 152 cm³/mol. The van der Waals surface area contributed by atoms with Crippen LogP contribution in [0.15, 0.2) is 89.6 Å². The Bertz CT molecular complexity index is 1190. The number of amidine groups is 1. The minimum absolute atomic E-state index is 0.0529. The van der Waals surface area contributed by atoms with E-state index in [4.69, 9.17) is 33.6 Å². The van der Waals surface area contributed by atoms with Gasteiger partial charge in [0.05, 0.1) is 23.9 Å². The molecule has 0 aliphatic heterocycles. The van der Waals surface area contributed by atoms with E-state index in [1.165, 1.54) is 18.0 Å². The lowest BCUT2D eigenvalue weighted by molar-refractivity contribution is -0.120. The van der Waals surface area contributed by atoms with Gasteiger partial charge in [0, 0.05) is 28.9 Å². The van der Waals surface area contributed by atoms with Crippen molar-refractivity contribution < 1.29 is 9.53 Å². The molecule has 0 spiro atoms. The Morgan fingerprint density at radius 1 is 1.25 bits per heavy atom. The topological polar surface area (TPSA) is 132 Å². The molecule has 0 saturated heterocycles. The van der Waals surface area contributed by atoms with Crippen molar-refractivity contribution in [3.8, 4) is 5.75 Å². The molecule has 36 heavy (non-hydrogen) atoms. The fraction of sp³-hybridized carbons (Fsp3) is 0.154. The third-order valence-corrected chi connectivity index (χ3v) is 6.09. The second kappa shape index (κ2) is 13.4. The molecular weight excluding hydrogens is 496 g/mol. The van der Waals surface area contributed by atoms with Crippen LogP contribution in [0.2, 0.25) is 5.02 Å². The fourth-order valence-corrected chi connectivity index (χ4v) is 3.86. The van der Waals surface area contributed by atoms with Crippen LogP contribution >= 0.6 is 23.4 Å². The molecule has 0 fully saturated rings. The van der Waals surface area contributed by atoms with Crippen molar-refractivity contribution in [2.75, 3.05) is 12.0 Å². The molecule has 0 aromatic heterocycles. The van der Waals surface area contributed by atoms with E-state index in [-0.39, 0.29) is 12.3 Å². The molecule has 8 nitrogen and oxygen atoms in total. The number of hydrogen-bond acceptors (Lipinski definition) is 7. The summed E-state index contributed by atoms with van der Waals surface area (Å²) in [6.45, 7) is 13.9. The first-order valence-corrected chi connectivity index (χ1v) is 12.0. The molecule has 0 aliphatic carbocycles. The van der Waals surface area contributed by atoms with Crippen LogP contribution < -0.4 is 32.3 Å². The summed E-state index contributed by atoms with van der Waals surface area (Å²) in [5.74, 6) is 6.38. The van der Waals surface area contributed by atoms with Gasteiger partial charge in [0.1, 0.15) is 11.6 Å². The Hall–Kier alpha value is -3.66. The summed E-state index contributed by atoms with van der Waals surface area (Å²) >= 11 is 7.25. The van der Waals surface area contributed by atoms with Gasteiger partial charge in [-0.15, -0.1) is 0 Å². The van der Waals surface area contributed by atoms with Gasteiger partial charge >= 0.3 is 0 Å². The minimum Gasteiger partial charge on any atom is -0.497 e. The molecule has 190 valence electrons. The van der Waals surface area contributed by atoms with Crippen LogP contribution in [-0.4, -0.2) is 24.9 Å². The van der Waals surface area contributed by atoms with E-state index in [1.54, 1.807) is 42.5 Å². The quantitative estimate of drug-likeness (QED) is 0.147. The van der Waals surface area contributed by atoms with E-state index in [0.717, 1.165) is 11.1 Å². The van der Waals surface area contributed by atoms with Crippen molar-refractivity contribution in [1.29, 1.82) is 0 Å². The monoisotopic (exact) mass is 526 g/mol. The van der Waals surface area contributed by atoms with E-state index < -0.39 is 6.04 Å². The Kier molecular flexibility index (Phi) is 10.7. The average molecular weight is 527 g/mol. The van der Waals surface area contributed by atoms with E-state index in [9.17, 15) is 4.79 Å². The number of nitrogens with one attached hydrogen (secondary N) is 1. The second-order valence-corrected chi connectivity index (χ2v) is 9.04. The van der Waals surface area contributed by atoms with E-state index in [1.807, 2.05) is 24.3 Å². The fourth-order valence-electron chi connectivity index (χ4n) is 3.32. The first-order valence-electron chi connectivity index (χ1n) is 10.8. The maximum absolute atomic E-state index is 12.5. The highest BCUT2D eigenvalue weighted by molar-refractivity contribution is 8.05. The Morgan fingerprint density at radius 3 is 2.50 bits per heavy atom. The zero-order chi connectivity index (χ0) is 26.8. The second-order valence-electron chi connectivity index (χ2n) is 7.60. The van der Waals surface area contributed by atoms with Crippen LogP contribution in [0, 0.1) is 0 Å². The smallest absolute Gasteiger partial charge is 0.226 e. The van der Waals surface area contributed by atoms with Crippen LogP contribution in [0.25, 0.3) is 5.57 Å². The van der Waals surface area contributed by atoms with Gasteiger partial charge < -0.3 is 27.4 Å². The molecular formula is C26H31ClN6O2S. The molecule has 10 heteroatoms. The van der Waals surface area contributed by atoms with E-state index >= 15 is 0 Å². The highest BCUT2D eigenvalue weighted by Gasteiger charge is 2.25. The SMILES string of the molecule is C=C(NC(=O)CC(N)C(=C)N(/C(C)=N\N)c1ccc(OC)cc1C(=C)c1ccc(Cl)cc1)S/C=C\N. The number of benzene rings is 2. The number of hydrogen-bond donors (Lipinski definition) is 4. The summed E-state index contributed by atoms with van der Waals surface area (Å²) in [4.78, 5) is 14.2. The van der Waals surface area contributed by atoms with Gasteiger partial charge in [-0.2, -0.15) is 5.10 Å². The van der Waals surface area contributed by atoms with Crippen LogP contribution in [0.1, 0.15) is 24.5 Å². The molecule has 1 unspecified atom stereocenters. The van der Waals surface area contributed by atoms with Gasteiger partial charge in [-0.05, 0) is 53.8 Å². The molecule has 0 radical (unpaired) electrons. The minimum atomic E-state index is -0.761. The number of halogens is 1. The first kappa shape index (κ1) is 28.6. The van der Waals surface area contributed by atoms with Crippen molar-refractivity contribution >= 4 is 46.4 Å². The van der Waals surface area contributed by atoms with Gasteiger partial charge in [-0.25, -0.2) is 0 Å². The standard InChI is InChI=1S/C26H31ClN6O2S/c1-16(20-6-8-21(27)9-7-20)23-14-22(35-5)10-11-25(23)33(18(3)32-30)17(2)24(29)15-26(34)31-19(4)36-13-12-28/h6-14,24H,1-2,4,15,28-30H2,3,5H3,(H,31,34)/b13-12-,32-18-. The number of amides is 1. The van der Waals surface area contributed by atoms with Crippen LogP contribution in [0.5, 0.6) is 5.75 Å². The molecule has 0 aliphatic rings. The molecule has 2 rings (SSSR count). The third kappa shape index (κ3) is 7.42. The van der Waals surface area contributed by atoms with Crippen molar-refractivity contribution in [2.45, 2.75) is 19.4 Å². The normalized spacial score (nSPS) is 12.2. The number of anilines is 1. The maximum atomic E-state index is 12.5. The lowest BCUT2D eigenvalue weighted by Gasteiger charge is -2.31. The lowest BCUT2D eigenvalue weighted by atomic mass is 9.96. The van der Waals surface area contributed by atoms with Crippen molar-refractivity contribution in [3.63, 3.8) is 0 Å². The van der Waals surface area contributed by atoms with Crippen LogP contribution in [0.4, 0.5) is 5.69 Å². The van der Waals surface area contributed by atoms with Crippen molar-refractivity contribution in [2.24, 2.45) is 22.4 Å². The Balaban J connectivity index is 2.43. The average Bonchev–Trinajstić information content (AvgIpc) is 2.87. The summed E-state index contributed by atoms with van der Waals surface area (Å²) in [5.41, 5.74) is 15.1. The molecule has 1 amide bonds. The summed E-state index contributed by atoms with van der Waals surface area (Å²) < 4.78 is 5.45. The lowest BCUT2D eigenvalue weighted by Crippen LogP contribution is -2.41. The van der Waals surface area contributed by atoms with Gasteiger partial charge in [-0.1, -0.05) is 55.2 Å². The van der Waals surface area contributed by atoms with Gasteiger partial charge in [0.25, 0.3) is 0 Å². The number of ether oxygens (including phenoxy) is 1. The molecule has 2 aromatic rings. The number of carbonyl (C=O) groups excluding carboxylic acids is 1. The molecule has 0 bridgehead atoms. The van der Waals surface area contributed by atoms with Gasteiger partial charge in [0.15, 0.2) is 0 Å². The van der Waals surface area contributed by atoms with E-state index in [2.05, 4.69) is 30.2 Å². The first-order chi connectivity index (χ1) is 17.1. The number of carbonyl (C=O) groups is 1. The number of rotatable bonds is 11. The summed E-state index contributed by atoms with van der Waals surface area (Å²) in [7, 11) is 1.58. The summed E-state index contributed by atoms with van der Waals surface area (Å²) in [6.07, 6.45) is 1.30. The Morgan fingerprint density at radius 2 is 1.92 bits per heavy atom. The largest absolute Gasteiger partial charge is 0.497 e. The van der Waals surface area contributed by atoms with Gasteiger partial charge in [0.2, 0.25) is 5.91 Å². The van der Waals surface area contributed by atoms with Crippen molar-refractivity contribution in [1.82, 2.24) is 5.32 Å². The van der Waals surface area contributed by atoms with Crippen LogP contribution in [0.3, 0.4) is 0 Å². The molecule has 7 N–H and O–H groups in total. The van der Waals surface area contributed by atoms with Gasteiger partial charge in [-0.3, -0.25) is 9.69 Å². The zero-order valence-electron chi connectivity index (χ0n) is 20.3. The van der Waals surface area contributed by atoms with Crippen LogP contribution in [-0.2, 0) is 4.79 Å². The van der Waals surface area contributed by atoms with Crippen molar-refractivity contribution in [3.05, 3.63) is 101 Å². The third-order valence-electron chi connectivity index (χ3n) is 5.16. The van der Waals surface area contributed by atoms with E-state index in [0.29, 0.717) is 38.6 Å². The maximum Gasteiger partial charge on any atom is 0.226 e. The summed E-state index contributed by atoms with van der Waals surface area (Å²) in [5, 5.41) is 9.19. The zero-order valence-corrected chi connectivity index (χ0v) is 21.9. The molecule has 2 aromatic carbocycles. The number of thioether (sulfide) groups is 1. The number of hydrazone groups is 1. The summed E-state index contributed by atoms with van der Waals surface area (Å²) in [6, 6.07) is 12.0. The number of nitrogens with zero attached hydrogens (tertiary/aromatic N) is 2. The molecule has 1 atom stereocenters. The highest BCUT2D eigenvalue weighted by atomic mass is 35.5. The number of nitrogens with two attached hydrogens (primary N) is 3. The molecule has 0 saturated carbocycles.